The van der Waals surface area contributed by atoms with Gasteiger partial charge in [-0.05, 0) is 29.8 Å². The third-order valence-electron chi connectivity index (χ3n) is 4.28. The number of carbonyl (C=O) groups is 1. The van der Waals surface area contributed by atoms with Crippen molar-refractivity contribution in [3.8, 4) is 5.75 Å². The molecule has 2 N–H and O–H groups in total. The van der Waals surface area contributed by atoms with E-state index in [1.54, 1.807) is 25.1 Å². The van der Waals surface area contributed by atoms with E-state index in [2.05, 4.69) is 10.3 Å². The number of phenolic OH excluding ortho intramolecular Hbond substituents is 1. The monoisotopic (exact) mass is 419 g/mol. The smallest absolute Gasteiger partial charge is 0.279 e. The Balaban J connectivity index is 2.30. The maximum atomic E-state index is 12.1. The highest BCUT2D eigenvalue weighted by atomic mass is 35.5. The van der Waals surface area contributed by atoms with Gasteiger partial charge in [0.15, 0.2) is 0 Å². The van der Waals surface area contributed by atoms with Gasteiger partial charge in [0.1, 0.15) is 11.3 Å². The number of nitrogens with zero attached hydrogens (tertiary/aromatic N) is 2. The molecule has 3 aromatic rings. The molecular weight excluding hydrogens is 405 g/mol. The second-order valence-electron chi connectivity index (χ2n) is 6.01. The lowest BCUT2D eigenvalue weighted by molar-refractivity contribution is -0.383. The van der Waals surface area contributed by atoms with Crippen LogP contribution in [0.1, 0.15) is 30.5 Å². The van der Waals surface area contributed by atoms with Crippen molar-refractivity contribution in [3.05, 3.63) is 73.9 Å². The van der Waals surface area contributed by atoms with E-state index >= 15 is 0 Å². The van der Waals surface area contributed by atoms with Crippen molar-refractivity contribution < 1.29 is 14.8 Å². The van der Waals surface area contributed by atoms with Crippen molar-refractivity contribution in [1.29, 1.82) is 0 Å². The zero-order chi connectivity index (χ0) is 20.4. The number of non-ortho nitro benzene ring substituents is 1. The summed E-state index contributed by atoms with van der Waals surface area (Å²) in [5.74, 6) is -0.590. The molecule has 0 spiro atoms. The van der Waals surface area contributed by atoms with Crippen LogP contribution in [0.5, 0.6) is 5.75 Å². The number of pyridine rings is 1. The molecule has 144 valence electrons. The lowest BCUT2D eigenvalue weighted by Crippen LogP contribution is -2.29. The van der Waals surface area contributed by atoms with Crippen molar-refractivity contribution in [2.24, 2.45) is 0 Å². The summed E-state index contributed by atoms with van der Waals surface area (Å²) in [6, 6.07) is 8.01. The molecule has 1 atom stereocenters. The minimum absolute atomic E-state index is 0.0625. The Bertz CT molecular complexity index is 1090. The van der Waals surface area contributed by atoms with Crippen LogP contribution in [-0.2, 0) is 4.79 Å². The average molecular weight is 420 g/mol. The number of nitro groups is 1. The minimum atomic E-state index is -0.928. The van der Waals surface area contributed by atoms with E-state index in [1.807, 2.05) is 0 Å². The minimum Gasteiger partial charge on any atom is -0.505 e. The van der Waals surface area contributed by atoms with Gasteiger partial charge in [-0.3, -0.25) is 19.9 Å². The molecule has 9 heteroatoms. The van der Waals surface area contributed by atoms with Gasteiger partial charge in [-0.25, -0.2) is 0 Å². The fourth-order valence-electron chi connectivity index (χ4n) is 2.92. The second kappa shape index (κ2) is 8.00. The van der Waals surface area contributed by atoms with E-state index in [0.717, 1.165) is 0 Å². The Morgan fingerprint density at radius 1 is 1.29 bits per heavy atom. The highest BCUT2D eigenvalue weighted by molar-refractivity contribution is 6.35. The zero-order valence-electron chi connectivity index (χ0n) is 14.6. The van der Waals surface area contributed by atoms with Crippen LogP contribution >= 0.6 is 23.2 Å². The topological polar surface area (TPSA) is 105 Å². The molecule has 1 amide bonds. The first-order valence-corrected chi connectivity index (χ1v) is 9.08. The molecule has 0 aliphatic rings. The number of hydrogen-bond donors (Lipinski definition) is 2. The molecule has 0 saturated heterocycles. The molecule has 0 bridgehead atoms. The summed E-state index contributed by atoms with van der Waals surface area (Å²) in [4.78, 5) is 27.2. The van der Waals surface area contributed by atoms with E-state index in [0.29, 0.717) is 10.6 Å². The zero-order valence-corrected chi connectivity index (χ0v) is 16.2. The maximum absolute atomic E-state index is 12.1. The number of nitrogens with one attached hydrogen (secondary N) is 1. The summed E-state index contributed by atoms with van der Waals surface area (Å²) < 4.78 is 0. The molecule has 2 aromatic carbocycles. The van der Waals surface area contributed by atoms with Crippen molar-refractivity contribution in [2.75, 3.05) is 0 Å². The van der Waals surface area contributed by atoms with Crippen LogP contribution < -0.4 is 5.32 Å². The first-order chi connectivity index (χ1) is 13.3. The molecule has 3 rings (SSSR count). The van der Waals surface area contributed by atoms with Gasteiger partial charge in [0, 0.05) is 34.3 Å². The van der Waals surface area contributed by atoms with E-state index in [9.17, 15) is 20.0 Å². The molecular formula is C19H15Cl2N3O4. The van der Waals surface area contributed by atoms with Crippen LogP contribution in [0, 0.1) is 10.1 Å². The highest BCUT2D eigenvalue weighted by Gasteiger charge is 2.27. The fraction of sp³-hybridized carbons (Fsp3) is 0.158. The normalized spacial score (nSPS) is 12.0. The quantitative estimate of drug-likeness (QED) is 0.457. The Morgan fingerprint density at radius 2 is 2.04 bits per heavy atom. The number of carbonyl (C=O) groups excluding carboxylic acids is 1. The average Bonchev–Trinajstić information content (AvgIpc) is 2.67. The molecule has 1 heterocycles. The number of rotatable bonds is 5. The van der Waals surface area contributed by atoms with Gasteiger partial charge >= 0.3 is 0 Å². The predicted octanol–water partition coefficient (Wildman–Crippen LogP) is 4.77. The predicted molar refractivity (Wildman–Crippen MR) is 107 cm³/mol. The lowest BCUT2D eigenvalue weighted by atomic mass is 9.95. The second-order valence-corrected chi connectivity index (χ2v) is 6.85. The van der Waals surface area contributed by atoms with E-state index in [-0.39, 0.29) is 45.3 Å². The Hall–Kier alpha value is -2.90. The third-order valence-corrected chi connectivity index (χ3v) is 4.84. The summed E-state index contributed by atoms with van der Waals surface area (Å²) in [6.07, 6.45) is 1.60. The first kappa shape index (κ1) is 19.9. The standard InChI is InChI=1S/C19H15Cl2N3O4/c1-2-16(25)23-17(11-6-5-10(20)8-14(11)21)13-9-15(24(27)28)12-4-3-7-22-18(12)19(13)26/h3-9,17,26H,2H2,1H3,(H,23,25). The van der Waals surface area contributed by atoms with Crippen LogP contribution in [0.2, 0.25) is 10.0 Å². The third kappa shape index (κ3) is 3.72. The van der Waals surface area contributed by atoms with Gasteiger partial charge < -0.3 is 10.4 Å². The SMILES string of the molecule is CCC(=O)NC(c1ccc(Cl)cc1Cl)c1cc([N+](=O)[O-])c2cccnc2c1O. The van der Waals surface area contributed by atoms with Crippen LogP contribution in [0.3, 0.4) is 0 Å². The van der Waals surface area contributed by atoms with Gasteiger partial charge in [0.25, 0.3) is 5.69 Å². The largest absolute Gasteiger partial charge is 0.505 e. The number of benzene rings is 2. The Kier molecular flexibility index (Phi) is 5.67. The Labute approximate surface area is 170 Å². The molecule has 7 nitrogen and oxygen atoms in total. The van der Waals surface area contributed by atoms with Crippen molar-refractivity contribution in [3.63, 3.8) is 0 Å². The Morgan fingerprint density at radius 3 is 2.68 bits per heavy atom. The van der Waals surface area contributed by atoms with Gasteiger partial charge in [0.2, 0.25) is 5.91 Å². The van der Waals surface area contributed by atoms with Crippen molar-refractivity contribution in [2.45, 2.75) is 19.4 Å². The van der Waals surface area contributed by atoms with E-state index in [4.69, 9.17) is 23.2 Å². The summed E-state index contributed by atoms with van der Waals surface area (Å²) in [7, 11) is 0. The van der Waals surface area contributed by atoms with Crippen molar-refractivity contribution >= 4 is 45.7 Å². The molecule has 0 fully saturated rings. The molecule has 28 heavy (non-hydrogen) atoms. The lowest BCUT2D eigenvalue weighted by Gasteiger charge is -2.22. The number of aromatic hydroxyl groups is 1. The maximum Gasteiger partial charge on any atom is 0.279 e. The number of nitro benzene ring substituents is 1. The molecule has 0 radical (unpaired) electrons. The van der Waals surface area contributed by atoms with E-state index in [1.165, 1.54) is 24.4 Å². The number of hydrogen-bond acceptors (Lipinski definition) is 5. The number of phenols is 1. The van der Waals surface area contributed by atoms with Gasteiger partial charge in [0.05, 0.1) is 16.4 Å². The number of aromatic nitrogens is 1. The summed E-state index contributed by atoms with van der Waals surface area (Å²) in [5, 5.41) is 26.0. The van der Waals surface area contributed by atoms with Gasteiger partial charge in [-0.1, -0.05) is 36.2 Å². The van der Waals surface area contributed by atoms with E-state index < -0.39 is 11.0 Å². The van der Waals surface area contributed by atoms with Crippen molar-refractivity contribution in [1.82, 2.24) is 10.3 Å². The number of amides is 1. The number of halogens is 2. The fourth-order valence-corrected chi connectivity index (χ4v) is 3.44. The summed E-state index contributed by atoms with van der Waals surface area (Å²) in [6.45, 7) is 1.67. The summed E-state index contributed by atoms with van der Waals surface area (Å²) in [5.41, 5.74) is 0.376. The molecule has 0 aliphatic heterocycles. The van der Waals surface area contributed by atoms with Gasteiger partial charge in [-0.15, -0.1) is 0 Å². The molecule has 0 aliphatic carbocycles. The molecule has 1 unspecified atom stereocenters. The van der Waals surface area contributed by atoms with Crippen LogP contribution in [-0.4, -0.2) is 20.9 Å². The molecule has 1 aromatic heterocycles. The molecule has 0 saturated carbocycles. The van der Waals surface area contributed by atoms with Gasteiger partial charge in [-0.2, -0.15) is 0 Å². The van der Waals surface area contributed by atoms with Crippen LogP contribution in [0.15, 0.2) is 42.6 Å². The summed E-state index contributed by atoms with van der Waals surface area (Å²) >= 11 is 12.3. The first-order valence-electron chi connectivity index (χ1n) is 8.32. The highest BCUT2D eigenvalue weighted by Crippen LogP contribution is 2.41. The number of fused-ring (bicyclic) bond motifs is 1. The van der Waals surface area contributed by atoms with Crippen LogP contribution in [0.4, 0.5) is 5.69 Å². The van der Waals surface area contributed by atoms with Crippen LogP contribution in [0.25, 0.3) is 10.9 Å².